The Hall–Kier alpha value is -1.05. The van der Waals surface area contributed by atoms with E-state index >= 15 is 0 Å². The molecule has 78 valence electrons. The molecule has 1 unspecified atom stereocenters. The molecule has 0 saturated carbocycles. The minimum atomic E-state index is 0.599. The summed E-state index contributed by atoms with van der Waals surface area (Å²) in [6.45, 7) is 6.23. The van der Waals surface area contributed by atoms with Crippen LogP contribution < -0.4 is 5.73 Å². The highest BCUT2D eigenvalue weighted by molar-refractivity contribution is 5.47. The van der Waals surface area contributed by atoms with Gasteiger partial charge in [-0.15, -0.1) is 0 Å². The lowest BCUT2D eigenvalue weighted by atomic mass is 9.84. The summed E-state index contributed by atoms with van der Waals surface area (Å²) in [6, 6.07) is 2.10. The summed E-state index contributed by atoms with van der Waals surface area (Å²) in [5, 5.41) is 0. The van der Waals surface area contributed by atoms with Gasteiger partial charge in [-0.1, -0.05) is 20.8 Å². The molecule has 2 rings (SSSR count). The van der Waals surface area contributed by atoms with Gasteiger partial charge < -0.3 is 5.73 Å². The Labute approximate surface area is 86.5 Å². The molecule has 0 saturated heterocycles. The van der Waals surface area contributed by atoms with Crippen LogP contribution in [0.2, 0.25) is 0 Å². The Balaban J connectivity index is 0.000000461. The molecule has 1 atom stereocenters. The van der Waals surface area contributed by atoms with Crippen LogP contribution in [0.5, 0.6) is 0 Å². The normalized spacial score (nSPS) is 19.2. The number of aromatic nitrogens is 1. The summed E-state index contributed by atoms with van der Waals surface area (Å²) in [6.07, 6.45) is 5.53. The third-order valence-corrected chi connectivity index (χ3v) is 2.69. The molecule has 0 amide bonds. The minimum Gasteiger partial charge on any atom is -0.383 e. The number of nitrogens with two attached hydrogens (primary N) is 1. The number of hydrogen-bond acceptors (Lipinski definition) is 2. The van der Waals surface area contributed by atoms with Gasteiger partial charge in [0.25, 0.3) is 0 Å². The van der Waals surface area contributed by atoms with Crippen LogP contribution in [-0.2, 0) is 6.42 Å². The molecule has 2 heteroatoms. The molecule has 0 bridgehead atoms. The monoisotopic (exact) mass is 192 g/mol. The van der Waals surface area contributed by atoms with Gasteiger partial charge in [-0.25, -0.2) is 4.98 Å². The second kappa shape index (κ2) is 4.99. The summed E-state index contributed by atoms with van der Waals surface area (Å²) in [4.78, 5) is 4.12. The van der Waals surface area contributed by atoms with Gasteiger partial charge in [0.05, 0.1) is 0 Å². The van der Waals surface area contributed by atoms with Crippen LogP contribution in [0.3, 0.4) is 0 Å². The van der Waals surface area contributed by atoms with Gasteiger partial charge in [-0.05, 0) is 36.8 Å². The number of nitrogen functional groups attached to an aromatic ring is 1. The molecule has 1 aromatic heterocycles. The van der Waals surface area contributed by atoms with Gasteiger partial charge in [0, 0.05) is 11.8 Å². The smallest absolute Gasteiger partial charge is 0.127 e. The predicted octanol–water partition coefficient (Wildman–Crippen LogP) is 3.13. The second-order valence-electron chi connectivity index (χ2n) is 3.56. The first-order chi connectivity index (χ1) is 6.79. The molecule has 0 fully saturated rings. The summed E-state index contributed by atoms with van der Waals surface area (Å²) in [5.74, 6) is 1.34. The van der Waals surface area contributed by atoms with Crippen LogP contribution in [0.25, 0.3) is 0 Å². The van der Waals surface area contributed by atoms with Crippen LogP contribution in [0.4, 0.5) is 5.82 Å². The fraction of sp³-hybridized carbons (Fsp3) is 0.583. The van der Waals surface area contributed by atoms with Crippen molar-refractivity contribution in [1.82, 2.24) is 4.98 Å². The third kappa shape index (κ3) is 2.06. The van der Waals surface area contributed by atoms with E-state index in [0.717, 1.165) is 5.82 Å². The second-order valence-corrected chi connectivity index (χ2v) is 3.56. The molecular weight excluding hydrogens is 172 g/mol. The van der Waals surface area contributed by atoms with Crippen molar-refractivity contribution < 1.29 is 0 Å². The average Bonchev–Trinajstić information content (AvgIpc) is 2.21. The largest absolute Gasteiger partial charge is 0.383 e. The first-order valence-corrected chi connectivity index (χ1v) is 5.52. The number of hydrogen-bond donors (Lipinski definition) is 1. The van der Waals surface area contributed by atoms with Gasteiger partial charge in [0.2, 0.25) is 0 Å². The molecule has 14 heavy (non-hydrogen) atoms. The Morgan fingerprint density at radius 3 is 2.79 bits per heavy atom. The van der Waals surface area contributed by atoms with E-state index in [-0.39, 0.29) is 0 Å². The molecule has 0 radical (unpaired) electrons. The quantitative estimate of drug-likeness (QED) is 0.686. The Kier molecular flexibility index (Phi) is 3.93. The summed E-state index contributed by atoms with van der Waals surface area (Å²) < 4.78 is 0. The van der Waals surface area contributed by atoms with Gasteiger partial charge in [-0.3, -0.25) is 0 Å². The molecule has 0 spiro atoms. The van der Waals surface area contributed by atoms with Crippen molar-refractivity contribution in [2.24, 2.45) is 0 Å². The zero-order valence-electron chi connectivity index (χ0n) is 9.38. The molecule has 1 aromatic rings. The number of pyridine rings is 1. The van der Waals surface area contributed by atoms with Gasteiger partial charge in [0.1, 0.15) is 5.82 Å². The van der Waals surface area contributed by atoms with E-state index in [0.29, 0.717) is 5.92 Å². The number of aryl methyl sites for hydroxylation is 1. The molecule has 1 heterocycles. The van der Waals surface area contributed by atoms with E-state index in [1.165, 1.54) is 30.4 Å². The lowest BCUT2D eigenvalue weighted by Crippen LogP contribution is -2.11. The van der Waals surface area contributed by atoms with Crippen LogP contribution in [0.1, 0.15) is 50.7 Å². The maximum Gasteiger partial charge on any atom is 0.127 e. The third-order valence-electron chi connectivity index (χ3n) is 2.69. The fourth-order valence-electron chi connectivity index (χ4n) is 2.06. The first-order valence-electron chi connectivity index (χ1n) is 5.52. The standard InChI is InChI=1S/C10H14N2.C2H6/c1-7-3-2-4-8-5-6-12-10(11)9(7)8;1-2/h5-7H,2-4H2,1H3,(H2,11,12);1-2H3. The van der Waals surface area contributed by atoms with Gasteiger partial charge in [0.15, 0.2) is 0 Å². The van der Waals surface area contributed by atoms with E-state index < -0.39 is 0 Å². The van der Waals surface area contributed by atoms with Crippen molar-refractivity contribution in [3.05, 3.63) is 23.4 Å². The van der Waals surface area contributed by atoms with Crippen LogP contribution in [0, 0.1) is 0 Å². The van der Waals surface area contributed by atoms with Gasteiger partial charge in [-0.2, -0.15) is 0 Å². The number of nitrogens with zero attached hydrogens (tertiary/aromatic N) is 1. The summed E-state index contributed by atoms with van der Waals surface area (Å²) in [7, 11) is 0. The minimum absolute atomic E-state index is 0.599. The van der Waals surface area contributed by atoms with E-state index in [1.807, 2.05) is 20.0 Å². The highest BCUT2D eigenvalue weighted by Gasteiger charge is 2.18. The van der Waals surface area contributed by atoms with Crippen LogP contribution in [0.15, 0.2) is 12.3 Å². The lowest BCUT2D eigenvalue weighted by Gasteiger charge is -2.22. The maximum atomic E-state index is 5.82. The fourth-order valence-corrected chi connectivity index (χ4v) is 2.06. The van der Waals surface area contributed by atoms with Crippen LogP contribution in [-0.4, -0.2) is 4.98 Å². The maximum absolute atomic E-state index is 5.82. The zero-order chi connectivity index (χ0) is 10.6. The molecule has 1 aliphatic rings. The highest BCUT2D eigenvalue weighted by Crippen LogP contribution is 2.33. The molecule has 0 aromatic carbocycles. The van der Waals surface area contributed by atoms with Crippen LogP contribution >= 0.6 is 0 Å². The summed E-state index contributed by atoms with van der Waals surface area (Å²) >= 11 is 0. The topological polar surface area (TPSA) is 38.9 Å². The molecular formula is C12H20N2. The number of anilines is 1. The van der Waals surface area contributed by atoms with Crippen molar-refractivity contribution >= 4 is 5.82 Å². The highest BCUT2D eigenvalue weighted by atomic mass is 14.8. The van der Waals surface area contributed by atoms with Crippen molar-refractivity contribution in [3.63, 3.8) is 0 Å². The zero-order valence-corrected chi connectivity index (χ0v) is 9.38. The Morgan fingerprint density at radius 2 is 2.14 bits per heavy atom. The van der Waals surface area contributed by atoms with E-state index in [9.17, 15) is 0 Å². The van der Waals surface area contributed by atoms with Gasteiger partial charge >= 0.3 is 0 Å². The molecule has 2 N–H and O–H groups in total. The van der Waals surface area contributed by atoms with Crippen molar-refractivity contribution in [1.29, 1.82) is 0 Å². The first kappa shape index (κ1) is 11.0. The summed E-state index contributed by atoms with van der Waals surface area (Å²) in [5.41, 5.74) is 8.52. The average molecular weight is 192 g/mol. The number of fused-ring (bicyclic) bond motifs is 1. The molecule has 2 nitrogen and oxygen atoms in total. The SMILES string of the molecule is CC.CC1CCCc2ccnc(N)c21. The van der Waals surface area contributed by atoms with Crippen molar-refractivity contribution in [2.45, 2.75) is 46.0 Å². The Morgan fingerprint density at radius 1 is 1.43 bits per heavy atom. The molecule has 1 aliphatic carbocycles. The van der Waals surface area contributed by atoms with Crippen molar-refractivity contribution in [2.75, 3.05) is 5.73 Å². The van der Waals surface area contributed by atoms with E-state index in [1.54, 1.807) is 0 Å². The van der Waals surface area contributed by atoms with E-state index in [2.05, 4.69) is 18.0 Å². The predicted molar refractivity (Wildman–Crippen MR) is 61.4 cm³/mol. The van der Waals surface area contributed by atoms with Crippen molar-refractivity contribution in [3.8, 4) is 0 Å². The molecule has 0 aliphatic heterocycles. The lowest BCUT2D eigenvalue weighted by molar-refractivity contribution is 0.590. The van der Waals surface area contributed by atoms with E-state index in [4.69, 9.17) is 5.73 Å². The number of rotatable bonds is 0. The Bertz CT molecular complexity index is 294.